The second-order valence-electron chi connectivity index (χ2n) is 7.87. The zero-order chi connectivity index (χ0) is 22.6. The maximum atomic E-state index is 13.2. The normalized spacial score (nSPS) is 11.6. The van der Waals surface area contributed by atoms with E-state index in [0.29, 0.717) is 38.8 Å². The zero-order valence-electron chi connectivity index (χ0n) is 17.5. The molecule has 32 heavy (non-hydrogen) atoms. The average Bonchev–Trinajstić information content (AvgIpc) is 3.36. The van der Waals surface area contributed by atoms with Gasteiger partial charge in [0.2, 0.25) is 0 Å². The monoisotopic (exact) mass is 466 g/mol. The van der Waals surface area contributed by atoms with E-state index in [4.69, 9.17) is 23.2 Å². The predicted octanol–water partition coefficient (Wildman–Crippen LogP) is 4.74. The van der Waals surface area contributed by atoms with Crippen LogP contribution in [0.3, 0.4) is 0 Å². The van der Waals surface area contributed by atoms with Crippen LogP contribution >= 0.6 is 23.2 Å². The molecule has 0 bridgehead atoms. The highest BCUT2D eigenvalue weighted by molar-refractivity contribution is 6.36. The summed E-state index contributed by atoms with van der Waals surface area (Å²) in [5.41, 5.74) is 3.47. The lowest BCUT2D eigenvalue weighted by Crippen LogP contribution is -2.36. The Morgan fingerprint density at radius 1 is 1.00 bits per heavy atom. The second-order valence-corrected chi connectivity index (χ2v) is 8.71. The van der Waals surface area contributed by atoms with Crippen LogP contribution in [-0.2, 0) is 27.1 Å². The van der Waals surface area contributed by atoms with E-state index in [9.17, 15) is 9.59 Å². The Kier molecular flexibility index (Phi) is 4.99. The lowest BCUT2D eigenvalue weighted by molar-refractivity contribution is 0.705. The molecule has 0 amide bonds. The maximum Gasteiger partial charge on any atom is 0.330 e. The number of H-pyrrole nitrogens is 1. The van der Waals surface area contributed by atoms with E-state index >= 15 is 0 Å². The Hall–Kier alpha value is -3.22. The highest BCUT2D eigenvalue weighted by Gasteiger charge is 2.21. The second kappa shape index (κ2) is 7.73. The molecule has 5 rings (SSSR count). The third kappa shape index (κ3) is 3.18. The molecule has 0 unspecified atom stereocenters. The van der Waals surface area contributed by atoms with Crippen molar-refractivity contribution >= 4 is 45.0 Å². The topological polar surface area (TPSA) is 64.7 Å². The smallest absolute Gasteiger partial charge is 0.330 e. The van der Waals surface area contributed by atoms with Gasteiger partial charge in [-0.2, -0.15) is 0 Å². The van der Waals surface area contributed by atoms with Crippen molar-refractivity contribution in [3.05, 3.63) is 91.3 Å². The van der Waals surface area contributed by atoms with Crippen LogP contribution in [0.25, 0.3) is 33.1 Å². The van der Waals surface area contributed by atoms with Crippen molar-refractivity contribution in [2.75, 3.05) is 0 Å². The number of aryl methyl sites for hydroxylation is 3. The van der Waals surface area contributed by atoms with E-state index in [2.05, 4.69) is 11.1 Å². The minimum atomic E-state index is -0.370. The summed E-state index contributed by atoms with van der Waals surface area (Å²) < 4.78 is 4.62. The summed E-state index contributed by atoms with van der Waals surface area (Å²) in [5, 5.41) is 2.58. The number of nitrogens with zero attached hydrogens (tertiary/aromatic N) is 3. The van der Waals surface area contributed by atoms with Crippen molar-refractivity contribution in [2.24, 2.45) is 14.1 Å². The fourth-order valence-corrected chi connectivity index (χ4v) is 4.81. The van der Waals surface area contributed by atoms with Crippen LogP contribution in [0.1, 0.15) is 5.56 Å². The van der Waals surface area contributed by atoms with Crippen LogP contribution in [0.2, 0.25) is 10.0 Å². The van der Waals surface area contributed by atoms with Crippen molar-refractivity contribution in [2.45, 2.75) is 13.0 Å². The molecule has 3 aromatic heterocycles. The van der Waals surface area contributed by atoms with Gasteiger partial charge in [-0.1, -0.05) is 41.4 Å². The van der Waals surface area contributed by atoms with Gasteiger partial charge in [0.25, 0.3) is 5.56 Å². The highest BCUT2D eigenvalue weighted by Crippen LogP contribution is 2.35. The van der Waals surface area contributed by atoms with Crippen molar-refractivity contribution in [3.63, 3.8) is 0 Å². The third-order valence-electron chi connectivity index (χ3n) is 6.00. The fourth-order valence-electron chi connectivity index (χ4n) is 4.32. The molecule has 3 heterocycles. The molecule has 8 heteroatoms. The summed E-state index contributed by atoms with van der Waals surface area (Å²) in [6.07, 6.45) is 4.60. The molecular formula is C24H20Cl2N4O2. The first-order valence-electron chi connectivity index (χ1n) is 10.2. The highest BCUT2D eigenvalue weighted by atomic mass is 35.5. The van der Waals surface area contributed by atoms with Crippen LogP contribution in [0.15, 0.2) is 64.4 Å². The van der Waals surface area contributed by atoms with Crippen molar-refractivity contribution < 1.29 is 0 Å². The molecule has 0 aliphatic rings. The van der Waals surface area contributed by atoms with Gasteiger partial charge in [-0.05, 0) is 36.2 Å². The van der Waals surface area contributed by atoms with E-state index in [0.717, 1.165) is 16.5 Å². The summed E-state index contributed by atoms with van der Waals surface area (Å²) in [7, 11) is 3.15. The van der Waals surface area contributed by atoms with Crippen LogP contribution < -0.4 is 11.2 Å². The van der Waals surface area contributed by atoms with Gasteiger partial charge in [-0.25, -0.2) is 4.79 Å². The molecule has 1 N–H and O–H groups in total. The summed E-state index contributed by atoms with van der Waals surface area (Å²) in [6.45, 7) is 0.599. The average molecular weight is 467 g/mol. The molecular weight excluding hydrogens is 447 g/mol. The number of nitrogens with one attached hydrogen (secondary N) is 1. The van der Waals surface area contributed by atoms with E-state index in [1.54, 1.807) is 19.2 Å². The van der Waals surface area contributed by atoms with Crippen molar-refractivity contribution in [3.8, 4) is 11.3 Å². The molecule has 0 saturated heterocycles. The number of halogens is 2. The maximum absolute atomic E-state index is 13.2. The number of aromatic amines is 1. The molecule has 162 valence electrons. The molecule has 0 saturated carbocycles. The number of rotatable bonds is 4. The first kappa shape index (κ1) is 20.7. The Labute approximate surface area is 193 Å². The van der Waals surface area contributed by atoms with Crippen molar-refractivity contribution in [1.29, 1.82) is 0 Å². The first-order chi connectivity index (χ1) is 15.4. The summed E-state index contributed by atoms with van der Waals surface area (Å²) in [4.78, 5) is 29.0. The Balaban J connectivity index is 1.72. The minimum absolute atomic E-state index is 0.352. The standard InChI is InChI=1S/C24H20Cl2N4O2/c1-28-20-13-30(10-9-14-12-27-19-6-4-3-5-16(14)19)22(17-8-7-15(25)11-18(17)26)21(20)23(31)29(2)24(28)32/h3-8,11-13,27H,9-10H2,1-2H3. The van der Waals surface area contributed by atoms with Gasteiger partial charge in [-0.3, -0.25) is 13.9 Å². The molecule has 5 aromatic rings. The predicted molar refractivity (Wildman–Crippen MR) is 130 cm³/mol. The quantitative estimate of drug-likeness (QED) is 0.415. The van der Waals surface area contributed by atoms with Gasteiger partial charge in [0, 0.05) is 54.5 Å². The SMILES string of the molecule is Cn1c(=O)c2c(-c3ccc(Cl)cc3Cl)n(CCc3c[nH]c4ccccc34)cc2n(C)c1=O. The lowest BCUT2D eigenvalue weighted by Gasteiger charge is -2.12. The number of fused-ring (bicyclic) bond motifs is 2. The third-order valence-corrected chi connectivity index (χ3v) is 6.54. The molecule has 0 radical (unpaired) electrons. The molecule has 0 aliphatic heterocycles. The van der Waals surface area contributed by atoms with Gasteiger partial charge in [0.1, 0.15) is 0 Å². The van der Waals surface area contributed by atoms with Gasteiger partial charge in [0.15, 0.2) is 0 Å². The Morgan fingerprint density at radius 3 is 2.56 bits per heavy atom. The van der Waals surface area contributed by atoms with Crippen LogP contribution in [0.4, 0.5) is 0 Å². The molecule has 6 nitrogen and oxygen atoms in total. The zero-order valence-corrected chi connectivity index (χ0v) is 19.0. The molecule has 2 aromatic carbocycles. The van der Waals surface area contributed by atoms with Gasteiger partial charge in [-0.15, -0.1) is 0 Å². The molecule has 0 spiro atoms. The molecule has 0 atom stereocenters. The summed E-state index contributed by atoms with van der Waals surface area (Å²) in [6, 6.07) is 13.4. The van der Waals surface area contributed by atoms with E-state index < -0.39 is 0 Å². The molecule has 0 fully saturated rings. The fraction of sp³-hybridized carbons (Fsp3) is 0.167. The molecule has 0 aliphatic carbocycles. The Morgan fingerprint density at radius 2 is 1.78 bits per heavy atom. The van der Waals surface area contributed by atoms with Crippen LogP contribution in [0, 0.1) is 0 Å². The van der Waals surface area contributed by atoms with Crippen LogP contribution in [0.5, 0.6) is 0 Å². The lowest BCUT2D eigenvalue weighted by atomic mass is 10.1. The summed E-state index contributed by atoms with van der Waals surface area (Å²) in [5.74, 6) is 0. The number of hydrogen-bond acceptors (Lipinski definition) is 2. The van der Waals surface area contributed by atoms with Gasteiger partial charge in [0.05, 0.1) is 21.6 Å². The van der Waals surface area contributed by atoms with E-state index in [1.807, 2.05) is 41.2 Å². The first-order valence-corrected chi connectivity index (χ1v) is 10.9. The summed E-state index contributed by atoms with van der Waals surface area (Å²) >= 11 is 12.7. The number of aromatic nitrogens is 4. The number of benzene rings is 2. The van der Waals surface area contributed by atoms with E-state index in [1.165, 1.54) is 22.6 Å². The van der Waals surface area contributed by atoms with Gasteiger partial charge < -0.3 is 9.55 Å². The largest absolute Gasteiger partial charge is 0.361 e. The van der Waals surface area contributed by atoms with Gasteiger partial charge >= 0.3 is 5.69 Å². The van der Waals surface area contributed by atoms with Crippen LogP contribution in [-0.4, -0.2) is 18.7 Å². The van der Waals surface area contributed by atoms with Crippen molar-refractivity contribution in [1.82, 2.24) is 18.7 Å². The Bertz CT molecular complexity index is 1620. The van der Waals surface area contributed by atoms with E-state index in [-0.39, 0.29) is 11.2 Å². The number of para-hydroxylation sites is 1. The number of hydrogen-bond donors (Lipinski definition) is 1. The minimum Gasteiger partial charge on any atom is -0.361 e.